The Hall–Kier alpha value is -3.45. The first-order valence-electron chi connectivity index (χ1n) is 13.8. The Balaban J connectivity index is 1.31. The average Bonchev–Trinajstić information content (AvgIpc) is 3.36. The molecule has 1 saturated carbocycles. The fourth-order valence-corrected chi connectivity index (χ4v) is 7.06. The van der Waals surface area contributed by atoms with Crippen LogP contribution < -0.4 is 19.8 Å². The number of rotatable bonds is 8. The molecule has 3 N–H and O–H groups in total. The summed E-state index contributed by atoms with van der Waals surface area (Å²) in [6.45, 7) is 2.70. The molecule has 220 valence electrons. The van der Waals surface area contributed by atoms with Gasteiger partial charge >= 0.3 is 0 Å². The summed E-state index contributed by atoms with van der Waals surface area (Å²) in [5.74, 6) is -2.93. The summed E-state index contributed by atoms with van der Waals surface area (Å²) in [5.41, 5.74) is 2.04. The molecule has 0 spiro atoms. The van der Waals surface area contributed by atoms with Crippen molar-refractivity contribution in [3.05, 3.63) is 42.2 Å². The smallest absolute Gasteiger partial charge is 0.258 e. The first-order valence-corrected chi connectivity index (χ1v) is 15.4. The molecule has 13 heteroatoms. The third kappa shape index (κ3) is 5.56. The van der Waals surface area contributed by atoms with E-state index in [1.165, 1.54) is 12.3 Å². The van der Waals surface area contributed by atoms with Crippen molar-refractivity contribution >= 4 is 49.9 Å². The molecular formula is C28H33F2N5O5S. The van der Waals surface area contributed by atoms with Crippen LogP contribution in [0.25, 0.3) is 11.0 Å². The largest absolute Gasteiger partial charge is 0.460 e. The lowest BCUT2D eigenvalue weighted by Gasteiger charge is -2.57. The third-order valence-electron chi connectivity index (χ3n) is 8.49. The number of anilines is 4. The zero-order chi connectivity index (χ0) is 29.0. The number of carbonyl (C=O) groups is 1. The van der Waals surface area contributed by atoms with Gasteiger partial charge in [0, 0.05) is 43.9 Å². The highest BCUT2D eigenvalue weighted by atomic mass is 32.2. The molecule has 2 aromatic heterocycles. The summed E-state index contributed by atoms with van der Waals surface area (Å²) < 4.78 is 60.3. The highest BCUT2D eigenvalue weighted by Crippen LogP contribution is 2.52. The maximum atomic E-state index is 13.8. The number of aromatic nitrogens is 1. The van der Waals surface area contributed by atoms with Gasteiger partial charge < -0.3 is 24.6 Å². The quantitative estimate of drug-likeness (QED) is 0.352. The highest BCUT2D eigenvalue weighted by Gasteiger charge is 2.48. The van der Waals surface area contributed by atoms with Crippen LogP contribution in [-0.2, 0) is 10.0 Å². The molecule has 4 aliphatic rings. The van der Waals surface area contributed by atoms with Crippen molar-refractivity contribution in [2.75, 3.05) is 51.8 Å². The van der Waals surface area contributed by atoms with Gasteiger partial charge in [0.1, 0.15) is 5.82 Å². The molecule has 1 aliphatic carbocycles. The van der Waals surface area contributed by atoms with Crippen molar-refractivity contribution in [1.29, 1.82) is 0 Å². The summed E-state index contributed by atoms with van der Waals surface area (Å²) in [6, 6.07) is 8.42. The van der Waals surface area contributed by atoms with Gasteiger partial charge in [0.15, 0.2) is 11.4 Å². The SMILES string of the molecule is CC12CCN(c3cc(NS(=O)(=O)CCO)ccc3C(=O)Nc3cc4ccoc4c(N4CCC(F)(F)CC4)n3)C(C1)C2. The number of alkyl halides is 2. The Labute approximate surface area is 236 Å². The molecule has 10 nitrogen and oxygen atoms in total. The van der Waals surface area contributed by atoms with Gasteiger partial charge in [0.2, 0.25) is 10.0 Å². The number of aliphatic hydroxyl groups is 1. The normalized spacial score (nSPS) is 23.8. The predicted octanol–water partition coefficient (Wildman–Crippen LogP) is 4.43. The van der Waals surface area contributed by atoms with Crippen LogP contribution in [-0.4, -0.2) is 68.4 Å². The molecule has 41 heavy (non-hydrogen) atoms. The van der Waals surface area contributed by atoms with Gasteiger partial charge in [-0.05, 0) is 55.0 Å². The Morgan fingerprint density at radius 1 is 1.15 bits per heavy atom. The predicted molar refractivity (Wildman–Crippen MR) is 152 cm³/mol. The molecule has 3 aromatic rings. The van der Waals surface area contributed by atoms with E-state index < -0.39 is 34.2 Å². The van der Waals surface area contributed by atoms with Crippen molar-refractivity contribution in [3.63, 3.8) is 0 Å². The van der Waals surface area contributed by atoms with Crippen LogP contribution in [0.1, 0.15) is 49.4 Å². The number of carbonyl (C=O) groups excluding carboxylic acids is 1. The van der Waals surface area contributed by atoms with Crippen molar-refractivity contribution in [2.45, 2.75) is 51.0 Å². The van der Waals surface area contributed by atoms with E-state index >= 15 is 0 Å². The molecule has 3 aliphatic heterocycles. The topological polar surface area (TPSA) is 128 Å². The van der Waals surface area contributed by atoms with E-state index in [1.807, 2.05) is 0 Å². The first kappa shape index (κ1) is 27.7. The van der Waals surface area contributed by atoms with E-state index in [2.05, 4.69) is 26.8 Å². The molecule has 1 amide bonds. The summed E-state index contributed by atoms with van der Waals surface area (Å²) in [5, 5.41) is 12.7. The Morgan fingerprint density at radius 3 is 2.59 bits per heavy atom. The van der Waals surface area contributed by atoms with Crippen LogP contribution >= 0.6 is 0 Å². The van der Waals surface area contributed by atoms with Crippen molar-refractivity contribution in [1.82, 2.24) is 4.98 Å². The summed E-state index contributed by atoms with van der Waals surface area (Å²) in [4.78, 5) is 22.2. The number of sulfonamides is 1. The third-order valence-corrected chi connectivity index (χ3v) is 9.76. The standard InChI is InChI=1S/C28H33F2N5O5S/c1-27-5-10-35(20(16-27)17-27)22-15-19(33-41(38,39)13-11-36)2-3-21(22)26(37)32-23-14-18-4-12-40-24(18)25(31-23)34-8-6-28(29,30)7-9-34/h2-4,12,14-15,20,33,36H,5-11,13,16-17H2,1H3,(H,31,32,37). The van der Waals surface area contributed by atoms with Crippen LogP contribution in [0, 0.1) is 5.41 Å². The number of amides is 1. The van der Waals surface area contributed by atoms with Gasteiger partial charge in [-0.15, -0.1) is 0 Å². The lowest BCUT2D eigenvalue weighted by atomic mass is 9.61. The molecule has 3 saturated heterocycles. The van der Waals surface area contributed by atoms with Crippen LogP contribution in [0.5, 0.6) is 0 Å². The van der Waals surface area contributed by atoms with Gasteiger partial charge in [-0.2, -0.15) is 0 Å². The maximum absolute atomic E-state index is 13.8. The fraction of sp³-hybridized carbons (Fsp3) is 0.500. The number of hydrogen-bond donors (Lipinski definition) is 3. The number of hydrogen-bond acceptors (Lipinski definition) is 8. The van der Waals surface area contributed by atoms with Crippen molar-refractivity contribution in [3.8, 4) is 0 Å². The second-order valence-electron chi connectivity index (χ2n) is 11.7. The second kappa shape index (κ2) is 10.1. The lowest BCUT2D eigenvalue weighted by molar-refractivity contribution is -0.0221. The van der Waals surface area contributed by atoms with Gasteiger partial charge in [0.25, 0.3) is 11.8 Å². The highest BCUT2D eigenvalue weighted by molar-refractivity contribution is 7.92. The molecule has 0 unspecified atom stereocenters. The number of pyridine rings is 1. The minimum atomic E-state index is -3.75. The van der Waals surface area contributed by atoms with Crippen LogP contribution in [0.3, 0.4) is 0 Å². The Bertz CT molecular complexity index is 1570. The number of furan rings is 1. The molecule has 4 fully saturated rings. The number of aliphatic hydroxyl groups excluding tert-OH is 1. The van der Waals surface area contributed by atoms with Crippen LogP contribution in [0.2, 0.25) is 0 Å². The zero-order valence-electron chi connectivity index (χ0n) is 22.7. The summed E-state index contributed by atoms with van der Waals surface area (Å²) >= 11 is 0. The second-order valence-corrected chi connectivity index (χ2v) is 13.5. The van der Waals surface area contributed by atoms with Gasteiger partial charge in [-0.3, -0.25) is 9.52 Å². The van der Waals surface area contributed by atoms with E-state index in [4.69, 9.17) is 9.52 Å². The minimum absolute atomic E-state index is 0.111. The van der Waals surface area contributed by atoms with Gasteiger partial charge in [0.05, 0.1) is 35.6 Å². The van der Waals surface area contributed by atoms with E-state index in [0.717, 1.165) is 25.8 Å². The number of halogens is 2. The Kier molecular flexibility index (Phi) is 6.84. The molecule has 5 heterocycles. The van der Waals surface area contributed by atoms with Gasteiger partial charge in [-0.1, -0.05) is 6.92 Å². The zero-order valence-corrected chi connectivity index (χ0v) is 23.5. The lowest BCUT2D eigenvalue weighted by Crippen LogP contribution is -2.57. The number of nitrogens with one attached hydrogen (secondary N) is 2. The Morgan fingerprint density at radius 2 is 1.90 bits per heavy atom. The van der Waals surface area contributed by atoms with E-state index in [0.29, 0.717) is 39.1 Å². The number of piperidine rings is 3. The molecule has 2 bridgehead atoms. The molecule has 1 aromatic carbocycles. The minimum Gasteiger partial charge on any atom is -0.460 e. The summed E-state index contributed by atoms with van der Waals surface area (Å²) in [6.07, 6.45) is 3.86. The van der Waals surface area contributed by atoms with Gasteiger partial charge in [-0.25, -0.2) is 22.2 Å². The fourth-order valence-electron chi connectivity index (χ4n) is 6.23. The number of nitrogens with zero attached hydrogens (tertiary/aromatic N) is 3. The number of fused-ring (bicyclic) bond motifs is 3. The first-order chi connectivity index (χ1) is 19.4. The molecule has 0 atom stereocenters. The van der Waals surface area contributed by atoms with E-state index in [-0.39, 0.29) is 37.8 Å². The van der Waals surface area contributed by atoms with Crippen molar-refractivity contribution in [2.24, 2.45) is 5.41 Å². The van der Waals surface area contributed by atoms with Crippen molar-refractivity contribution < 1.29 is 31.5 Å². The maximum Gasteiger partial charge on any atom is 0.258 e. The summed E-state index contributed by atoms with van der Waals surface area (Å²) in [7, 11) is -3.75. The molecule has 7 rings (SSSR count). The average molecular weight is 590 g/mol. The van der Waals surface area contributed by atoms with E-state index in [1.54, 1.807) is 29.2 Å². The molecule has 0 radical (unpaired) electrons. The van der Waals surface area contributed by atoms with Crippen LogP contribution in [0.4, 0.5) is 31.8 Å². The van der Waals surface area contributed by atoms with Crippen LogP contribution in [0.15, 0.2) is 41.0 Å². The monoisotopic (exact) mass is 589 g/mol. The van der Waals surface area contributed by atoms with E-state index in [9.17, 15) is 22.0 Å². The molecular weight excluding hydrogens is 556 g/mol. The number of benzene rings is 1.